The van der Waals surface area contributed by atoms with Crippen LogP contribution in [0.3, 0.4) is 0 Å². The van der Waals surface area contributed by atoms with E-state index in [0.717, 1.165) is 12.8 Å². The summed E-state index contributed by atoms with van der Waals surface area (Å²) in [6.45, 7) is 4.17. The van der Waals surface area contributed by atoms with Gasteiger partial charge in [0.05, 0.1) is 17.2 Å². The van der Waals surface area contributed by atoms with Gasteiger partial charge in [-0.1, -0.05) is 13.3 Å². The van der Waals surface area contributed by atoms with Crippen molar-refractivity contribution in [2.45, 2.75) is 33.2 Å². The summed E-state index contributed by atoms with van der Waals surface area (Å²) in [4.78, 5) is 34.8. The van der Waals surface area contributed by atoms with Crippen molar-refractivity contribution in [3.8, 4) is 11.3 Å². The number of hydrogen-bond donors (Lipinski definition) is 0. The van der Waals surface area contributed by atoms with Crippen LogP contribution in [0.4, 0.5) is 5.69 Å². The van der Waals surface area contributed by atoms with Crippen molar-refractivity contribution in [1.29, 1.82) is 0 Å². The van der Waals surface area contributed by atoms with Gasteiger partial charge in [0.1, 0.15) is 5.56 Å². The van der Waals surface area contributed by atoms with E-state index in [1.807, 2.05) is 6.92 Å². The second-order valence-corrected chi connectivity index (χ2v) is 5.35. The highest BCUT2D eigenvalue weighted by molar-refractivity contribution is 5.90. The van der Waals surface area contributed by atoms with Crippen molar-refractivity contribution >= 4 is 11.7 Å². The minimum atomic E-state index is -0.705. The molecule has 0 spiro atoms. The topological polar surface area (TPSA) is 104 Å². The van der Waals surface area contributed by atoms with Crippen molar-refractivity contribution in [3.63, 3.8) is 0 Å². The Kier molecular flexibility index (Phi) is 5.99. The Bertz CT molecular complexity index is 827. The summed E-state index contributed by atoms with van der Waals surface area (Å²) >= 11 is 0. The Morgan fingerprint density at radius 2 is 1.96 bits per heavy atom. The second-order valence-electron chi connectivity index (χ2n) is 5.35. The van der Waals surface area contributed by atoms with Crippen molar-refractivity contribution in [3.05, 3.63) is 56.4 Å². The zero-order chi connectivity index (χ0) is 18.4. The third-order valence-electron chi connectivity index (χ3n) is 3.57. The van der Waals surface area contributed by atoms with E-state index in [-0.39, 0.29) is 17.9 Å². The molecule has 2 rings (SSSR count). The highest BCUT2D eigenvalue weighted by atomic mass is 16.6. The van der Waals surface area contributed by atoms with Crippen molar-refractivity contribution < 1.29 is 14.5 Å². The Balaban J connectivity index is 2.52. The van der Waals surface area contributed by atoms with E-state index in [9.17, 15) is 19.7 Å². The molecule has 0 aliphatic carbocycles. The molecule has 2 aromatic rings. The third-order valence-corrected chi connectivity index (χ3v) is 3.57. The Morgan fingerprint density at radius 3 is 2.52 bits per heavy atom. The number of benzene rings is 1. The molecule has 0 bridgehead atoms. The molecule has 1 aromatic heterocycles. The predicted molar refractivity (Wildman–Crippen MR) is 91.5 cm³/mol. The first kappa shape index (κ1) is 18.3. The number of unbranched alkanes of at least 4 members (excludes halogenated alkanes) is 1. The first-order valence-corrected chi connectivity index (χ1v) is 8.02. The molecule has 0 N–H and O–H groups in total. The van der Waals surface area contributed by atoms with Gasteiger partial charge < -0.3 is 4.74 Å². The zero-order valence-electron chi connectivity index (χ0n) is 14.1. The number of nitro benzene ring substituents is 1. The summed E-state index contributed by atoms with van der Waals surface area (Å²) in [6.07, 6.45) is 1.60. The summed E-state index contributed by atoms with van der Waals surface area (Å²) in [6, 6.07) is 7.13. The smallest absolute Gasteiger partial charge is 0.343 e. The van der Waals surface area contributed by atoms with Crippen LogP contribution in [-0.4, -0.2) is 27.3 Å². The Morgan fingerprint density at radius 1 is 1.28 bits per heavy atom. The predicted octanol–water partition coefficient (Wildman–Crippen LogP) is 2.80. The third kappa shape index (κ3) is 4.28. The number of ether oxygens (including phenoxy) is 1. The number of aryl methyl sites for hydroxylation is 1. The van der Waals surface area contributed by atoms with E-state index in [1.165, 1.54) is 35.0 Å². The maximum absolute atomic E-state index is 12.4. The van der Waals surface area contributed by atoms with Gasteiger partial charge in [-0.2, -0.15) is 5.10 Å². The van der Waals surface area contributed by atoms with E-state index in [4.69, 9.17) is 4.74 Å². The summed E-state index contributed by atoms with van der Waals surface area (Å²) in [5.41, 5.74) is 0.308. The number of rotatable bonds is 7. The molecule has 0 amide bonds. The number of nitrogens with zero attached hydrogens (tertiary/aromatic N) is 3. The molecular weight excluding hydrogens is 326 g/mol. The largest absolute Gasteiger partial charge is 0.462 e. The number of aromatic nitrogens is 2. The van der Waals surface area contributed by atoms with Gasteiger partial charge in [-0.05, 0) is 31.5 Å². The SMILES string of the molecule is CCCCn1nc(-c2ccc([N+](=O)[O-])cc2)cc(C(=O)OCC)c1=O. The first-order chi connectivity index (χ1) is 12.0. The fourth-order valence-electron chi connectivity index (χ4n) is 2.25. The quantitative estimate of drug-likeness (QED) is 0.434. The molecule has 25 heavy (non-hydrogen) atoms. The zero-order valence-corrected chi connectivity index (χ0v) is 14.1. The average molecular weight is 345 g/mol. The van der Waals surface area contributed by atoms with Gasteiger partial charge in [0.25, 0.3) is 11.2 Å². The Hall–Kier alpha value is -3.03. The fraction of sp³-hybridized carbons (Fsp3) is 0.353. The van der Waals surface area contributed by atoms with Crippen LogP contribution < -0.4 is 5.56 Å². The van der Waals surface area contributed by atoms with Gasteiger partial charge in [-0.3, -0.25) is 14.9 Å². The van der Waals surface area contributed by atoms with Crippen molar-refractivity contribution in [1.82, 2.24) is 9.78 Å². The van der Waals surface area contributed by atoms with E-state index in [2.05, 4.69) is 5.10 Å². The van der Waals surface area contributed by atoms with Crippen molar-refractivity contribution in [2.75, 3.05) is 6.61 Å². The first-order valence-electron chi connectivity index (χ1n) is 8.02. The second kappa shape index (κ2) is 8.18. The number of carbonyl (C=O) groups excluding carboxylic acids is 1. The van der Waals surface area contributed by atoms with Gasteiger partial charge in [0, 0.05) is 24.2 Å². The normalized spacial score (nSPS) is 10.5. The lowest BCUT2D eigenvalue weighted by atomic mass is 10.1. The highest BCUT2D eigenvalue weighted by Gasteiger charge is 2.17. The van der Waals surface area contributed by atoms with Crippen LogP contribution in [0.2, 0.25) is 0 Å². The summed E-state index contributed by atoms with van der Waals surface area (Å²) < 4.78 is 6.18. The molecule has 0 unspecified atom stereocenters. The molecular formula is C17H19N3O5. The molecule has 132 valence electrons. The molecule has 0 saturated heterocycles. The highest BCUT2D eigenvalue weighted by Crippen LogP contribution is 2.21. The van der Waals surface area contributed by atoms with E-state index in [1.54, 1.807) is 6.92 Å². The average Bonchev–Trinajstić information content (AvgIpc) is 2.61. The molecule has 0 atom stereocenters. The monoisotopic (exact) mass is 345 g/mol. The van der Waals surface area contributed by atoms with Gasteiger partial charge in [0.2, 0.25) is 0 Å². The van der Waals surface area contributed by atoms with E-state index in [0.29, 0.717) is 17.8 Å². The fourth-order valence-corrected chi connectivity index (χ4v) is 2.25. The standard InChI is InChI=1S/C17H19N3O5/c1-3-5-10-19-16(21)14(17(22)25-4-2)11-15(18-19)12-6-8-13(9-7-12)20(23)24/h6-9,11H,3-5,10H2,1-2H3. The lowest BCUT2D eigenvalue weighted by molar-refractivity contribution is -0.384. The van der Waals surface area contributed by atoms with Crippen molar-refractivity contribution in [2.24, 2.45) is 0 Å². The molecule has 0 fully saturated rings. The van der Waals surface area contributed by atoms with Gasteiger partial charge in [-0.15, -0.1) is 0 Å². The minimum Gasteiger partial charge on any atom is -0.462 e. The molecule has 0 radical (unpaired) electrons. The van der Waals surface area contributed by atoms with Crippen LogP contribution in [0.5, 0.6) is 0 Å². The molecule has 1 aromatic carbocycles. The maximum atomic E-state index is 12.4. The van der Waals surface area contributed by atoms with Crippen LogP contribution in [0, 0.1) is 10.1 Å². The van der Waals surface area contributed by atoms with Gasteiger partial charge >= 0.3 is 5.97 Å². The van der Waals surface area contributed by atoms with E-state index >= 15 is 0 Å². The number of carbonyl (C=O) groups is 1. The molecule has 0 saturated carbocycles. The molecule has 1 heterocycles. The number of hydrogen-bond acceptors (Lipinski definition) is 6. The number of nitro groups is 1. The molecule has 0 aliphatic rings. The molecule has 8 heteroatoms. The van der Waals surface area contributed by atoms with Crippen LogP contribution in [0.1, 0.15) is 37.0 Å². The summed E-state index contributed by atoms with van der Waals surface area (Å²) in [7, 11) is 0. The van der Waals surface area contributed by atoms with Crippen LogP contribution in [-0.2, 0) is 11.3 Å². The lowest BCUT2D eigenvalue weighted by Crippen LogP contribution is -2.30. The van der Waals surface area contributed by atoms with E-state index < -0.39 is 16.5 Å². The molecule has 0 aliphatic heterocycles. The summed E-state index contributed by atoms with van der Waals surface area (Å²) in [5, 5.41) is 15.0. The Labute approximate surface area is 144 Å². The lowest BCUT2D eigenvalue weighted by Gasteiger charge is -2.10. The number of esters is 1. The van der Waals surface area contributed by atoms with Gasteiger partial charge in [-0.25, -0.2) is 9.48 Å². The van der Waals surface area contributed by atoms with Crippen LogP contribution >= 0.6 is 0 Å². The number of non-ortho nitro benzene ring substituents is 1. The summed E-state index contributed by atoms with van der Waals surface area (Å²) in [5.74, 6) is -0.705. The maximum Gasteiger partial charge on any atom is 0.343 e. The van der Waals surface area contributed by atoms with Crippen LogP contribution in [0.25, 0.3) is 11.3 Å². The minimum absolute atomic E-state index is 0.0475. The van der Waals surface area contributed by atoms with Crippen LogP contribution in [0.15, 0.2) is 35.1 Å². The van der Waals surface area contributed by atoms with Gasteiger partial charge in [0.15, 0.2) is 0 Å². The molecule has 8 nitrogen and oxygen atoms in total.